The first-order valence-electron chi connectivity index (χ1n) is 13.2. The third-order valence-electron chi connectivity index (χ3n) is 7.36. The summed E-state index contributed by atoms with van der Waals surface area (Å²) in [5.41, 5.74) is 3.74. The first-order valence-corrected chi connectivity index (χ1v) is 13.2. The minimum atomic E-state index is -1.67. The Morgan fingerprint density at radius 2 is 1.20 bits per heavy atom. The number of anilines is 2. The van der Waals surface area contributed by atoms with Gasteiger partial charge in [-0.3, -0.25) is 9.98 Å². The van der Waals surface area contributed by atoms with E-state index in [0.29, 0.717) is 49.3 Å². The van der Waals surface area contributed by atoms with Crippen LogP contribution in [0.5, 0.6) is 11.5 Å². The number of amidine groups is 2. The fourth-order valence-corrected chi connectivity index (χ4v) is 5.75. The van der Waals surface area contributed by atoms with Crippen LogP contribution in [0.1, 0.15) is 11.1 Å². The molecule has 12 nitrogen and oxygen atoms in total. The molecule has 2 unspecified atom stereocenters. The summed E-state index contributed by atoms with van der Waals surface area (Å²) >= 11 is 0. The zero-order chi connectivity index (χ0) is 28.1. The number of rotatable bonds is 4. The Labute approximate surface area is 231 Å². The lowest BCUT2D eigenvalue weighted by atomic mass is 10.1. The molecule has 0 saturated carbocycles. The molecule has 0 aromatic heterocycles. The SMILES string of the molecule is Cc1cccc2c1N(C)CC(OC(=O)C(=O)OC1(C3=NCCN3)CN(C)c3c(C)cccc3O1)(C1=NCCN1)O2. The number of esters is 2. The van der Waals surface area contributed by atoms with E-state index in [4.69, 9.17) is 18.9 Å². The van der Waals surface area contributed by atoms with Crippen LogP contribution in [0.3, 0.4) is 0 Å². The van der Waals surface area contributed by atoms with E-state index >= 15 is 0 Å². The van der Waals surface area contributed by atoms with Crippen molar-refractivity contribution in [3.63, 3.8) is 0 Å². The summed E-state index contributed by atoms with van der Waals surface area (Å²) in [4.78, 5) is 39.7. The van der Waals surface area contributed by atoms with Gasteiger partial charge in [0.1, 0.15) is 24.6 Å². The molecule has 0 aliphatic carbocycles. The Morgan fingerprint density at radius 3 is 1.57 bits per heavy atom. The number of hydrogen-bond acceptors (Lipinski definition) is 12. The quantitative estimate of drug-likeness (QED) is 0.424. The molecular formula is C28H32N6O6. The maximum atomic E-state index is 13.5. The van der Waals surface area contributed by atoms with E-state index in [9.17, 15) is 9.59 Å². The molecule has 0 radical (unpaired) electrons. The van der Waals surface area contributed by atoms with Crippen LogP contribution in [0.25, 0.3) is 0 Å². The van der Waals surface area contributed by atoms with E-state index in [0.717, 1.165) is 22.5 Å². The van der Waals surface area contributed by atoms with Crippen molar-refractivity contribution in [2.24, 2.45) is 9.98 Å². The molecule has 40 heavy (non-hydrogen) atoms. The lowest BCUT2D eigenvalue weighted by Crippen LogP contribution is -2.63. The number of para-hydroxylation sites is 2. The Morgan fingerprint density at radius 1 is 0.775 bits per heavy atom. The monoisotopic (exact) mass is 548 g/mol. The molecule has 4 aliphatic rings. The molecule has 0 saturated heterocycles. The van der Waals surface area contributed by atoms with E-state index in [-0.39, 0.29) is 13.1 Å². The molecule has 6 rings (SSSR count). The number of carbonyl (C=O) groups excluding carboxylic acids is 2. The standard InChI is InChI=1S/C28H32N6O6/c1-17-7-5-9-19-21(17)33(3)15-27(37-19,25-29-11-12-30-25)39-23(35)24(36)40-28(26-31-13-14-32-26)16-34(4)22-18(2)8-6-10-20(22)38-28/h5-10H,11-16H2,1-4H3,(H,29,30)(H,31,32). The van der Waals surface area contributed by atoms with Crippen LogP contribution in [-0.2, 0) is 19.1 Å². The van der Waals surface area contributed by atoms with Crippen LogP contribution >= 0.6 is 0 Å². The summed E-state index contributed by atoms with van der Waals surface area (Å²) < 4.78 is 24.3. The van der Waals surface area contributed by atoms with Gasteiger partial charge in [-0.2, -0.15) is 0 Å². The van der Waals surface area contributed by atoms with Gasteiger partial charge in [0.25, 0.3) is 0 Å². The number of aliphatic imine (C=N–C) groups is 2. The molecule has 2 N–H and O–H groups in total. The smallest absolute Gasteiger partial charge is 0.421 e. The maximum Gasteiger partial charge on any atom is 0.421 e. The number of nitrogens with zero attached hydrogens (tertiary/aromatic N) is 4. The summed E-state index contributed by atoms with van der Waals surface area (Å²) in [5.74, 6) is -4.13. The Kier molecular flexibility index (Phi) is 6.20. The van der Waals surface area contributed by atoms with Crippen LogP contribution in [-0.4, -0.2) is 88.5 Å². The van der Waals surface area contributed by atoms with Crippen molar-refractivity contribution in [3.05, 3.63) is 47.5 Å². The molecule has 0 spiro atoms. The van der Waals surface area contributed by atoms with Gasteiger partial charge in [-0.25, -0.2) is 9.59 Å². The van der Waals surface area contributed by atoms with Crippen LogP contribution in [0.15, 0.2) is 46.4 Å². The number of hydrogen-bond donors (Lipinski definition) is 2. The number of carbonyl (C=O) groups is 2. The van der Waals surface area contributed by atoms with Crippen molar-refractivity contribution in [2.45, 2.75) is 25.4 Å². The molecule has 0 bridgehead atoms. The van der Waals surface area contributed by atoms with Gasteiger partial charge in [-0.15, -0.1) is 0 Å². The van der Waals surface area contributed by atoms with Gasteiger partial charge < -0.3 is 39.4 Å². The molecule has 0 amide bonds. The van der Waals surface area contributed by atoms with Crippen molar-refractivity contribution < 1.29 is 28.5 Å². The van der Waals surface area contributed by atoms with Gasteiger partial charge in [0.15, 0.2) is 11.7 Å². The van der Waals surface area contributed by atoms with Gasteiger partial charge in [0.05, 0.1) is 24.5 Å². The lowest BCUT2D eigenvalue weighted by molar-refractivity contribution is -0.202. The zero-order valence-electron chi connectivity index (χ0n) is 22.9. The highest BCUT2D eigenvalue weighted by atomic mass is 16.8. The molecule has 2 aromatic rings. The average Bonchev–Trinajstić information content (AvgIpc) is 3.64. The first-order chi connectivity index (χ1) is 19.2. The second-order valence-electron chi connectivity index (χ2n) is 10.4. The highest BCUT2D eigenvalue weighted by Gasteiger charge is 2.53. The molecule has 0 fully saturated rings. The van der Waals surface area contributed by atoms with Gasteiger partial charge in [0.2, 0.25) is 0 Å². The van der Waals surface area contributed by atoms with E-state index in [2.05, 4.69) is 20.6 Å². The van der Waals surface area contributed by atoms with Crippen molar-refractivity contribution in [1.82, 2.24) is 10.6 Å². The summed E-state index contributed by atoms with van der Waals surface area (Å²) in [7, 11) is 3.74. The van der Waals surface area contributed by atoms with E-state index in [1.165, 1.54) is 0 Å². The molecule has 2 aromatic carbocycles. The highest BCUT2D eigenvalue weighted by Crippen LogP contribution is 2.41. The Balaban J connectivity index is 1.30. The van der Waals surface area contributed by atoms with Crippen molar-refractivity contribution >= 4 is 35.0 Å². The van der Waals surface area contributed by atoms with Gasteiger partial charge >= 0.3 is 23.5 Å². The van der Waals surface area contributed by atoms with Crippen LogP contribution < -0.4 is 29.9 Å². The number of ether oxygens (including phenoxy) is 4. The zero-order valence-corrected chi connectivity index (χ0v) is 22.9. The normalized spacial score (nSPS) is 24.8. The van der Waals surface area contributed by atoms with Crippen molar-refractivity contribution in [3.8, 4) is 11.5 Å². The Hall–Kier alpha value is -4.48. The third kappa shape index (κ3) is 4.23. The fraction of sp³-hybridized carbons (Fsp3) is 0.429. The number of likely N-dealkylation sites (N-methyl/N-ethyl adjacent to an activating group) is 2. The van der Waals surface area contributed by atoms with E-state index in [1.54, 1.807) is 12.1 Å². The minimum Gasteiger partial charge on any atom is -0.442 e. The molecule has 12 heteroatoms. The molecule has 4 heterocycles. The third-order valence-corrected chi connectivity index (χ3v) is 7.36. The average molecular weight is 549 g/mol. The van der Waals surface area contributed by atoms with Crippen LogP contribution in [0, 0.1) is 13.8 Å². The lowest BCUT2D eigenvalue weighted by Gasteiger charge is -2.43. The Bertz CT molecular complexity index is 1330. The molecule has 210 valence electrons. The summed E-state index contributed by atoms with van der Waals surface area (Å²) in [6, 6.07) is 11.2. The van der Waals surface area contributed by atoms with Gasteiger partial charge in [0, 0.05) is 27.2 Å². The summed E-state index contributed by atoms with van der Waals surface area (Å²) in [6.07, 6.45) is 0. The van der Waals surface area contributed by atoms with E-state index < -0.39 is 23.5 Å². The molecular weight excluding hydrogens is 516 g/mol. The second-order valence-corrected chi connectivity index (χ2v) is 10.4. The second kappa shape index (κ2) is 9.61. The maximum absolute atomic E-state index is 13.5. The number of benzene rings is 2. The summed E-state index contributed by atoms with van der Waals surface area (Å²) in [5, 5.41) is 6.28. The van der Waals surface area contributed by atoms with Gasteiger partial charge in [-0.05, 0) is 37.1 Å². The fourth-order valence-electron chi connectivity index (χ4n) is 5.75. The molecule has 4 aliphatic heterocycles. The predicted molar refractivity (Wildman–Crippen MR) is 148 cm³/mol. The largest absolute Gasteiger partial charge is 0.442 e. The number of aryl methyl sites for hydroxylation is 2. The van der Waals surface area contributed by atoms with Crippen LogP contribution in [0.4, 0.5) is 11.4 Å². The van der Waals surface area contributed by atoms with Crippen LogP contribution in [0.2, 0.25) is 0 Å². The number of fused-ring (bicyclic) bond motifs is 2. The minimum absolute atomic E-state index is 0.112. The predicted octanol–water partition coefficient (Wildman–Crippen LogP) is 1.14. The summed E-state index contributed by atoms with van der Waals surface area (Å²) in [6.45, 7) is 6.25. The number of nitrogens with one attached hydrogen (secondary N) is 2. The molecule has 2 atom stereocenters. The van der Waals surface area contributed by atoms with E-state index in [1.807, 2.05) is 62.0 Å². The topological polar surface area (TPSA) is 126 Å². The van der Waals surface area contributed by atoms with Crippen molar-refractivity contribution in [2.75, 3.05) is 63.2 Å². The first kappa shape index (κ1) is 25.8. The highest BCUT2D eigenvalue weighted by molar-refractivity contribution is 6.30. The van der Waals surface area contributed by atoms with Crippen molar-refractivity contribution in [1.29, 1.82) is 0 Å². The van der Waals surface area contributed by atoms with Gasteiger partial charge in [-0.1, -0.05) is 24.3 Å².